The molecule has 0 saturated carbocycles. The Hall–Kier alpha value is -1.62. The monoisotopic (exact) mass is 263 g/mol. The van der Waals surface area contributed by atoms with Crippen molar-refractivity contribution in [2.45, 2.75) is 32.3 Å². The lowest BCUT2D eigenvalue weighted by molar-refractivity contribution is -0.119. The molecule has 2 rings (SSSR count). The van der Waals surface area contributed by atoms with Crippen LogP contribution >= 0.6 is 0 Å². The average Bonchev–Trinajstić information content (AvgIpc) is 2.39. The van der Waals surface area contributed by atoms with E-state index in [9.17, 15) is 9.90 Å². The number of carbonyl (C=O) groups excluding carboxylic acids is 1. The SMILES string of the molecule is CC(O)c1ccc(N2CCC(CC(N)=O)CC2)nc1. The van der Waals surface area contributed by atoms with E-state index in [0.29, 0.717) is 12.3 Å². The Morgan fingerprint density at radius 3 is 2.68 bits per heavy atom. The molecule has 0 radical (unpaired) electrons. The van der Waals surface area contributed by atoms with Gasteiger partial charge in [0.2, 0.25) is 5.91 Å². The molecule has 104 valence electrons. The lowest BCUT2D eigenvalue weighted by atomic mass is 9.93. The zero-order valence-electron chi connectivity index (χ0n) is 11.2. The molecule has 1 aromatic heterocycles. The fourth-order valence-electron chi connectivity index (χ4n) is 2.48. The predicted molar refractivity (Wildman–Crippen MR) is 73.6 cm³/mol. The summed E-state index contributed by atoms with van der Waals surface area (Å²) in [5.41, 5.74) is 6.05. The molecule has 5 heteroatoms. The average molecular weight is 263 g/mol. The van der Waals surface area contributed by atoms with E-state index in [4.69, 9.17) is 5.73 Å². The summed E-state index contributed by atoms with van der Waals surface area (Å²) >= 11 is 0. The van der Waals surface area contributed by atoms with Crippen LogP contribution in [0.3, 0.4) is 0 Å². The summed E-state index contributed by atoms with van der Waals surface area (Å²) in [5, 5.41) is 9.45. The number of aliphatic hydroxyl groups excluding tert-OH is 1. The van der Waals surface area contributed by atoms with E-state index in [1.54, 1.807) is 13.1 Å². The molecule has 1 amide bonds. The van der Waals surface area contributed by atoms with Crippen molar-refractivity contribution in [1.82, 2.24) is 4.98 Å². The maximum atomic E-state index is 10.9. The fraction of sp³-hybridized carbons (Fsp3) is 0.571. The Balaban J connectivity index is 1.92. The summed E-state index contributed by atoms with van der Waals surface area (Å²) in [6.45, 7) is 3.53. The maximum absolute atomic E-state index is 10.9. The van der Waals surface area contributed by atoms with Crippen molar-refractivity contribution < 1.29 is 9.90 Å². The highest BCUT2D eigenvalue weighted by Crippen LogP contribution is 2.24. The highest BCUT2D eigenvalue weighted by Gasteiger charge is 2.21. The quantitative estimate of drug-likeness (QED) is 0.856. The first-order chi connectivity index (χ1) is 9.06. The molecule has 1 saturated heterocycles. The minimum atomic E-state index is -0.483. The second-order valence-electron chi connectivity index (χ2n) is 5.23. The van der Waals surface area contributed by atoms with Gasteiger partial charge >= 0.3 is 0 Å². The Labute approximate surface area is 113 Å². The van der Waals surface area contributed by atoms with E-state index < -0.39 is 6.10 Å². The first-order valence-corrected chi connectivity index (χ1v) is 6.73. The predicted octanol–water partition coefficient (Wildman–Crippen LogP) is 1.23. The molecule has 2 heterocycles. The molecule has 1 aliphatic heterocycles. The van der Waals surface area contributed by atoms with Crippen molar-refractivity contribution in [3.63, 3.8) is 0 Å². The third-order valence-electron chi connectivity index (χ3n) is 3.68. The second-order valence-corrected chi connectivity index (χ2v) is 5.23. The Morgan fingerprint density at radius 2 is 2.21 bits per heavy atom. The molecule has 0 bridgehead atoms. The summed E-state index contributed by atoms with van der Waals surface area (Å²) < 4.78 is 0. The van der Waals surface area contributed by atoms with E-state index in [1.165, 1.54) is 0 Å². The van der Waals surface area contributed by atoms with Gasteiger partial charge in [-0.2, -0.15) is 0 Å². The van der Waals surface area contributed by atoms with Gasteiger partial charge in [-0.25, -0.2) is 4.98 Å². The van der Waals surface area contributed by atoms with Gasteiger partial charge in [0.05, 0.1) is 6.10 Å². The summed E-state index contributed by atoms with van der Waals surface area (Å²) in [4.78, 5) is 17.5. The highest BCUT2D eigenvalue weighted by molar-refractivity contribution is 5.74. The molecule has 3 N–H and O–H groups in total. The van der Waals surface area contributed by atoms with Crippen LogP contribution in [0.2, 0.25) is 0 Å². The molecule has 0 aromatic carbocycles. The lowest BCUT2D eigenvalue weighted by Gasteiger charge is -2.32. The van der Waals surface area contributed by atoms with Crippen LogP contribution in [-0.2, 0) is 4.79 Å². The van der Waals surface area contributed by atoms with Crippen LogP contribution in [0.1, 0.15) is 37.9 Å². The highest BCUT2D eigenvalue weighted by atomic mass is 16.3. The number of hydrogen-bond acceptors (Lipinski definition) is 4. The standard InChI is InChI=1S/C14H21N3O2/c1-10(18)12-2-3-14(16-9-12)17-6-4-11(5-7-17)8-13(15)19/h2-3,9-11,18H,4-8H2,1H3,(H2,15,19). The number of piperidine rings is 1. The summed E-state index contributed by atoms with van der Waals surface area (Å²) in [7, 11) is 0. The van der Waals surface area contributed by atoms with Gasteiger partial charge in [-0.05, 0) is 37.3 Å². The number of nitrogens with zero attached hydrogens (tertiary/aromatic N) is 2. The number of carbonyl (C=O) groups is 1. The van der Waals surface area contributed by atoms with E-state index in [0.717, 1.165) is 37.3 Å². The van der Waals surface area contributed by atoms with E-state index in [1.807, 2.05) is 12.1 Å². The number of primary amides is 1. The Bertz CT molecular complexity index is 423. The zero-order chi connectivity index (χ0) is 13.8. The number of anilines is 1. The van der Waals surface area contributed by atoms with E-state index in [-0.39, 0.29) is 5.91 Å². The van der Waals surface area contributed by atoms with Crippen LogP contribution in [0.15, 0.2) is 18.3 Å². The maximum Gasteiger partial charge on any atom is 0.217 e. The van der Waals surface area contributed by atoms with Gasteiger partial charge in [-0.3, -0.25) is 4.79 Å². The summed E-state index contributed by atoms with van der Waals surface area (Å²) in [5.74, 6) is 1.13. The van der Waals surface area contributed by atoms with Crippen LogP contribution < -0.4 is 10.6 Å². The molecular formula is C14H21N3O2. The third-order valence-corrected chi connectivity index (χ3v) is 3.68. The molecule has 1 aromatic rings. The number of nitrogens with two attached hydrogens (primary N) is 1. The topological polar surface area (TPSA) is 79.5 Å². The van der Waals surface area contributed by atoms with Crippen molar-refractivity contribution in [2.75, 3.05) is 18.0 Å². The van der Waals surface area contributed by atoms with Crippen LogP contribution in [0.5, 0.6) is 0 Å². The summed E-state index contributed by atoms with van der Waals surface area (Å²) in [6.07, 6.45) is 3.67. The number of amides is 1. The first kappa shape index (κ1) is 13.8. The molecule has 5 nitrogen and oxygen atoms in total. The molecule has 19 heavy (non-hydrogen) atoms. The largest absolute Gasteiger partial charge is 0.389 e. The van der Waals surface area contributed by atoms with Gasteiger partial charge in [0, 0.05) is 25.7 Å². The normalized spacial score (nSPS) is 18.3. The molecule has 0 spiro atoms. The molecule has 1 aliphatic rings. The van der Waals surface area contributed by atoms with Crippen molar-refractivity contribution in [2.24, 2.45) is 11.7 Å². The van der Waals surface area contributed by atoms with Gasteiger partial charge in [0.1, 0.15) is 5.82 Å². The van der Waals surface area contributed by atoms with E-state index in [2.05, 4.69) is 9.88 Å². The van der Waals surface area contributed by atoms with E-state index >= 15 is 0 Å². The van der Waals surface area contributed by atoms with Gasteiger partial charge < -0.3 is 15.7 Å². The number of aliphatic hydroxyl groups is 1. The van der Waals surface area contributed by atoms with Gasteiger partial charge in [0.15, 0.2) is 0 Å². The fourth-order valence-corrected chi connectivity index (χ4v) is 2.48. The van der Waals surface area contributed by atoms with Gasteiger partial charge in [-0.15, -0.1) is 0 Å². The smallest absolute Gasteiger partial charge is 0.217 e. The number of pyridine rings is 1. The van der Waals surface area contributed by atoms with Crippen molar-refractivity contribution in [3.8, 4) is 0 Å². The molecular weight excluding hydrogens is 242 g/mol. The van der Waals surface area contributed by atoms with Crippen molar-refractivity contribution >= 4 is 11.7 Å². The van der Waals surface area contributed by atoms with Crippen LogP contribution in [-0.4, -0.2) is 29.1 Å². The number of aromatic nitrogens is 1. The van der Waals surface area contributed by atoms with Gasteiger partial charge in [0.25, 0.3) is 0 Å². The number of rotatable bonds is 4. The van der Waals surface area contributed by atoms with Crippen molar-refractivity contribution in [1.29, 1.82) is 0 Å². The zero-order valence-corrected chi connectivity index (χ0v) is 11.2. The van der Waals surface area contributed by atoms with Crippen molar-refractivity contribution in [3.05, 3.63) is 23.9 Å². The Morgan fingerprint density at radius 1 is 1.53 bits per heavy atom. The van der Waals surface area contributed by atoms with Gasteiger partial charge in [-0.1, -0.05) is 6.07 Å². The third kappa shape index (κ3) is 3.67. The second kappa shape index (κ2) is 6.02. The molecule has 1 unspecified atom stereocenters. The molecule has 0 aliphatic carbocycles. The van der Waals surface area contributed by atoms with Crippen LogP contribution in [0.25, 0.3) is 0 Å². The van der Waals surface area contributed by atoms with Crippen LogP contribution in [0, 0.1) is 5.92 Å². The number of hydrogen-bond donors (Lipinski definition) is 2. The minimum Gasteiger partial charge on any atom is -0.389 e. The molecule has 1 atom stereocenters. The minimum absolute atomic E-state index is 0.210. The van der Waals surface area contributed by atoms with Crippen LogP contribution in [0.4, 0.5) is 5.82 Å². The first-order valence-electron chi connectivity index (χ1n) is 6.73. The Kier molecular flexibility index (Phi) is 4.37. The molecule has 1 fully saturated rings. The summed E-state index contributed by atoms with van der Waals surface area (Å²) in [6, 6.07) is 3.85. The lowest BCUT2D eigenvalue weighted by Crippen LogP contribution is -2.35.